The summed E-state index contributed by atoms with van der Waals surface area (Å²) in [5, 5.41) is 6.99. The van der Waals surface area contributed by atoms with E-state index in [1.54, 1.807) is 0 Å². The predicted molar refractivity (Wildman–Crippen MR) is 103 cm³/mol. The SMILES string of the molecule is CC1CCCC2CC(C(=O)NCC(CN(C)C)C3CCCCC3)NC12. The summed E-state index contributed by atoms with van der Waals surface area (Å²) < 4.78 is 0. The highest BCUT2D eigenvalue weighted by Crippen LogP contribution is 2.36. The molecule has 0 bridgehead atoms. The number of rotatable bonds is 6. The number of amides is 1. The van der Waals surface area contributed by atoms with E-state index in [1.807, 2.05) is 0 Å². The van der Waals surface area contributed by atoms with E-state index in [9.17, 15) is 4.79 Å². The Morgan fingerprint density at radius 2 is 1.88 bits per heavy atom. The molecule has 3 aliphatic rings. The molecule has 25 heavy (non-hydrogen) atoms. The van der Waals surface area contributed by atoms with Crippen molar-refractivity contribution >= 4 is 5.91 Å². The van der Waals surface area contributed by atoms with Gasteiger partial charge in [0.2, 0.25) is 5.91 Å². The third-order valence-electron chi connectivity index (χ3n) is 7.06. The molecule has 2 N–H and O–H groups in total. The van der Waals surface area contributed by atoms with Crippen LogP contribution in [0.1, 0.15) is 64.7 Å². The monoisotopic (exact) mass is 349 g/mol. The van der Waals surface area contributed by atoms with Crippen molar-refractivity contribution < 1.29 is 4.79 Å². The summed E-state index contributed by atoms with van der Waals surface area (Å²) in [6, 6.07) is 0.613. The van der Waals surface area contributed by atoms with Crippen molar-refractivity contribution in [3.8, 4) is 0 Å². The Morgan fingerprint density at radius 1 is 1.12 bits per heavy atom. The minimum atomic E-state index is 0.0434. The minimum Gasteiger partial charge on any atom is -0.354 e. The van der Waals surface area contributed by atoms with E-state index < -0.39 is 0 Å². The van der Waals surface area contributed by atoms with Gasteiger partial charge in [-0.05, 0) is 57.0 Å². The molecule has 4 nitrogen and oxygen atoms in total. The topological polar surface area (TPSA) is 44.4 Å². The molecule has 2 saturated carbocycles. The number of fused-ring (bicyclic) bond motifs is 1. The van der Waals surface area contributed by atoms with Crippen LogP contribution in [0.15, 0.2) is 0 Å². The molecule has 1 amide bonds. The Morgan fingerprint density at radius 3 is 2.56 bits per heavy atom. The summed E-state index contributed by atoms with van der Waals surface area (Å²) in [6.07, 6.45) is 11.8. The second-order valence-corrected chi connectivity index (χ2v) is 9.31. The largest absolute Gasteiger partial charge is 0.354 e. The molecule has 2 aliphatic carbocycles. The smallest absolute Gasteiger partial charge is 0.237 e. The van der Waals surface area contributed by atoms with Crippen LogP contribution in [-0.4, -0.2) is 50.1 Å². The molecule has 0 spiro atoms. The molecular formula is C21H39N3O. The Kier molecular flexibility index (Phi) is 6.79. The number of hydrogen-bond donors (Lipinski definition) is 2. The van der Waals surface area contributed by atoms with Crippen LogP contribution in [0.2, 0.25) is 0 Å². The van der Waals surface area contributed by atoms with Gasteiger partial charge in [0.15, 0.2) is 0 Å². The van der Waals surface area contributed by atoms with Crippen molar-refractivity contribution in [3.05, 3.63) is 0 Å². The highest BCUT2D eigenvalue weighted by atomic mass is 16.2. The van der Waals surface area contributed by atoms with Gasteiger partial charge in [-0.3, -0.25) is 4.79 Å². The molecule has 0 aromatic rings. The summed E-state index contributed by atoms with van der Waals surface area (Å²) in [4.78, 5) is 15.1. The minimum absolute atomic E-state index is 0.0434. The molecule has 5 unspecified atom stereocenters. The molecule has 3 rings (SSSR count). The third kappa shape index (κ3) is 4.97. The lowest BCUT2D eigenvalue weighted by Crippen LogP contribution is -2.47. The van der Waals surface area contributed by atoms with Crippen molar-refractivity contribution in [1.82, 2.24) is 15.5 Å². The van der Waals surface area contributed by atoms with E-state index in [0.717, 1.165) is 37.3 Å². The van der Waals surface area contributed by atoms with Crippen LogP contribution in [0, 0.1) is 23.7 Å². The first-order valence-corrected chi connectivity index (χ1v) is 10.7. The van der Waals surface area contributed by atoms with E-state index in [2.05, 4.69) is 36.6 Å². The Labute approximate surface area is 154 Å². The standard InChI is InChI=1S/C21H39N3O/c1-15-8-7-11-17-12-19(23-20(15)17)21(25)22-13-18(14-24(2)3)16-9-5-4-6-10-16/h15-20,23H,4-14H2,1-3H3,(H,22,25). The fraction of sp³-hybridized carbons (Fsp3) is 0.952. The third-order valence-corrected chi connectivity index (χ3v) is 7.06. The zero-order valence-corrected chi connectivity index (χ0v) is 16.6. The average Bonchev–Trinajstić information content (AvgIpc) is 3.04. The van der Waals surface area contributed by atoms with Crippen LogP contribution in [-0.2, 0) is 4.79 Å². The molecule has 0 aromatic carbocycles. The molecule has 1 aliphatic heterocycles. The van der Waals surface area contributed by atoms with Crippen LogP contribution in [0.25, 0.3) is 0 Å². The summed E-state index contributed by atoms with van der Waals surface area (Å²) >= 11 is 0. The molecule has 1 saturated heterocycles. The molecule has 1 heterocycles. The Bertz CT molecular complexity index is 433. The maximum Gasteiger partial charge on any atom is 0.237 e. The Balaban J connectivity index is 1.50. The molecule has 0 aromatic heterocycles. The van der Waals surface area contributed by atoms with Crippen molar-refractivity contribution in [2.24, 2.45) is 23.7 Å². The van der Waals surface area contributed by atoms with Gasteiger partial charge in [0.1, 0.15) is 0 Å². The van der Waals surface area contributed by atoms with E-state index >= 15 is 0 Å². The van der Waals surface area contributed by atoms with E-state index in [-0.39, 0.29) is 11.9 Å². The van der Waals surface area contributed by atoms with Crippen LogP contribution in [0.5, 0.6) is 0 Å². The van der Waals surface area contributed by atoms with Crippen molar-refractivity contribution in [2.75, 3.05) is 27.2 Å². The lowest BCUT2D eigenvalue weighted by molar-refractivity contribution is -0.123. The van der Waals surface area contributed by atoms with Gasteiger partial charge in [-0.25, -0.2) is 0 Å². The highest BCUT2D eigenvalue weighted by Gasteiger charge is 2.41. The molecule has 0 radical (unpaired) electrons. The molecule has 144 valence electrons. The molecular weight excluding hydrogens is 310 g/mol. The van der Waals surface area contributed by atoms with Gasteiger partial charge in [-0.15, -0.1) is 0 Å². The number of nitrogens with one attached hydrogen (secondary N) is 2. The quantitative estimate of drug-likeness (QED) is 0.775. The van der Waals surface area contributed by atoms with Gasteiger partial charge in [0.25, 0.3) is 0 Å². The van der Waals surface area contributed by atoms with E-state index in [4.69, 9.17) is 0 Å². The average molecular weight is 350 g/mol. The van der Waals surface area contributed by atoms with Crippen LogP contribution in [0.4, 0.5) is 0 Å². The first kappa shape index (κ1) is 19.2. The normalized spacial score (nSPS) is 34.7. The van der Waals surface area contributed by atoms with Gasteiger partial charge in [-0.2, -0.15) is 0 Å². The lowest BCUT2D eigenvalue weighted by atomic mass is 9.78. The summed E-state index contributed by atoms with van der Waals surface area (Å²) in [5.74, 6) is 3.08. The zero-order chi connectivity index (χ0) is 17.8. The molecule has 3 fully saturated rings. The fourth-order valence-corrected chi connectivity index (χ4v) is 5.69. The summed E-state index contributed by atoms with van der Waals surface area (Å²) in [6.45, 7) is 4.29. The second kappa shape index (κ2) is 8.85. The Hall–Kier alpha value is -0.610. The lowest BCUT2D eigenvalue weighted by Gasteiger charge is -2.32. The zero-order valence-electron chi connectivity index (χ0n) is 16.6. The van der Waals surface area contributed by atoms with E-state index in [0.29, 0.717) is 12.0 Å². The number of carbonyl (C=O) groups excluding carboxylic acids is 1. The number of nitrogens with zero attached hydrogens (tertiary/aromatic N) is 1. The maximum absolute atomic E-state index is 12.8. The molecule has 4 heteroatoms. The van der Waals surface area contributed by atoms with Crippen molar-refractivity contribution in [1.29, 1.82) is 0 Å². The van der Waals surface area contributed by atoms with Gasteiger partial charge >= 0.3 is 0 Å². The number of carbonyl (C=O) groups is 1. The summed E-state index contributed by atoms with van der Waals surface area (Å²) in [5.41, 5.74) is 0. The highest BCUT2D eigenvalue weighted by molar-refractivity contribution is 5.82. The first-order valence-electron chi connectivity index (χ1n) is 10.7. The van der Waals surface area contributed by atoms with Crippen molar-refractivity contribution in [2.45, 2.75) is 76.8 Å². The van der Waals surface area contributed by atoms with Gasteiger partial charge in [0.05, 0.1) is 6.04 Å². The molecule has 5 atom stereocenters. The first-order chi connectivity index (χ1) is 12.0. The fourth-order valence-electron chi connectivity index (χ4n) is 5.69. The van der Waals surface area contributed by atoms with Crippen molar-refractivity contribution in [3.63, 3.8) is 0 Å². The number of hydrogen-bond acceptors (Lipinski definition) is 3. The van der Waals surface area contributed by atoms with Gasteiger partial charge in [-0.1, -0.05) is 45.4 Å². The van der Waals surface area contributed by atoms with Crippen LogP contribution < -0.4 is 10.6 Å². The maximum atomic E-state index is 12.8. The predicted octanol–water partition coefficient (Wildman–Crippen LogP) is 3.03. The van der Waals surface area contributed by atoms with Gasteiger partial charge in [0, 0.05) is 19.1 Å². The van der Waals surface area contributed by atoms with E-state index in [1.165, 1.54) is 51.4 Å². The summed E-state index contributed by atoms with van der Waals surface area (Å²) in [7, 11) is 4.31. The van der Waals surface area contributed by atoms with Crippen LogP contribution in [0.3, 0.4) is 0 Å². The van der Waals surface area contributed by atoms with Gasteiger partial charge < -0.3 is 15.5 Å². The second-order valence-electron chi connectivity index (χ2n) is 9.31. The van der Waals surface area contributed by atoms with Crippen LogP contribution >= 0.6 is 0 Å².